The Morgan fingerprint density at radius 2 is 2.06 bits per heavy atom. The standard InChI is InChI=1S/C19H18N4O8S/c1-4-30-19(26)15-10(2)14(18(25)29-3)17(32-15)21-16(24)13-6-5-12(31-13)9-22-8-11(7-20-22)23(27)28/h5-8H,4,9H2,1-3H3,(H,21,24). The lowest BCUT2D eigenvalue weighted by atomic mass is 10.1. The largest absolute Gasteiger partial charge is 0.465 e. The SMILES string of the molecule is CCOC(=O)c1sc(NC(=O)c2ccc(Cn3cc([N+](=O)[O-])cn3)o2)c(C(=O)OC)c1C. The van der Waals surface area contributed by atoms with Gasteiger partial charge < -0.3 is 19.2 Å². The van der Waals surface area contributed by atoms with Crippen LogP contribution in [0.25, 0.3) is 0 Å². The van der Waals surface area contributed by atoms with Gasteiger partial charge in [0, 0.05) is 0 Å². The van der Waals surface area contributed by atoms with Gasteiger partial charge in [-0.3, -0.25) is 19.6 Å². The van der Waals surface area contributed by atoms with E-state index in [0.29, 0.717) is 11.3 Å². The number of thiophene rings is 1. The van der Waals surface area contributed by atoms with Gasteiger partial charge in [0.2, 0.25) is 0 Å². The Bertz CT molecular complexity index is 1190. The third kappa shape index (κ3) is 4.67. The normalized spacial score (nSPS) is 10.6. The van der Waals surface area contributed by atoms with E-state index < -0.39 is 22.8 Å². The summed E-state index contributed by atoms with van der Waals surface area (Å²) in [7, 11) is 1.19. The average Bonchev–Trinajstić information content (AvgIpc) is 3.47. The first-order valence-electron chi connectivity index (χ1n) is 9.20. The molecule has 0 atom stereocenters. The van der Waals surface area contributed by atoms with E-state index in [0.717, 1.165) is 17.5 Å². The van der Waals surface area contributed by atoms with E-state index in [9.17, 15) is 24.5 Å². The number of aromatic nitrogens is 2. The van der Waals surface area contributed by atoms with Gasteiger partial charge in [0.1, 0.15) is 28.0 Å². The first-order valence-corrected chi connectivity index (χ1v) is 10.0. The van der Waals surface area contributed by atoms with E-state index in [1.54, 1.807) is 13.8 Å². The van der Waals surface area contributed by atoms with E-state index in [4.69, 9.17) is 13.9 Å². The van der Waals surface area contributed by atoms with Crippen LogP contribution in [0.3, 0.4) is 0 Å². The van der Waals surface area contributed by atoms with Gasteiger partial charge in [0.25, 0.3) is 5.91 Å². The van der Waals surface area contributed by atoms with Gasteiger partial charge in [-0.1, -0.05) is 0 Å². The van der Waals surface area contributed by atoms with Gasteiger partial charge >= 0.3 is 17.6 Å². The summed E-state index contributed by atoms with van der Waals surface area (Å²) in [5, 5.41) is 17.3. The minimum atomic E-state index is -0.718. The van der Waals surface area contributed by atoms with Crippen molar-refractivity contribution in [1.82, 2.24) is 9.78 Å². The Labute approximate surface area is 184 Å². The zero-order chi connectivity index (χ0) is 23.4. The monoisotopic (exact) mass is 462 g/mol. The smallest absolute Gasteiger partial charge is 0.348 e. The molecule has 0 unspecified atom stereocenters. The third-order valence-corrected chi connectivity index (χ3v) is 5.45. The van der Waals surface area contributed by atoms with Gasteiger partial charge in [-0.15, -0.1) is 11.3 Å². The molecule has 3 heterocycles. The molecule has 0 aromatic carbocycles. The second kappa shape index (κ2) is 9.43. The summed E-state index contributed by atoms with van der Waals surface area (Å²) in [6.45, 7) is 3.43. The molecule has 0 aliphatic carbocycles. The summed E-state index contributed by atoms with van der Waals surface area (Å²) in [5.41, 5.74) is 0.205. The highest BCUT2D eigenvalue weighted by Gasteiger charge is 2.27. The highest BCUT2D eigenvalue weighted by Crippen LogP contribution is 2.34. The number of rotatable bonds is 8. The van der Waals surface area contributed by atoms with Crippen molar-refractivity contribution in [2.75, 3.05) is 19.0 Å². The summed E-state index contributed by atoms with van der Waals surface area (Å²) >= 11 is 0.889. The molecule has 0 aliphatic heterocycles. The molecule has 3 rings (SSSR count). The third-order valence-electron chi connectivity index (χ3n) is 4.26. The van der Waals surface area contributed by atoms with Crippen molar-refractivity contribution in [3.8, 4) is 0 Å². The van der Waals surface area contributed by atoms with Crippen LogP contribution in [0.2, 0.25) is 0 Å². The van der Waals surface area contributed by atoms with Crippen LogP contribution in [0.4, 0.5) is 10.7 Å². The van der Waals surface area contributed by atoms with Crippen LogP contribution >= 0.6 is 11.3 Å². The Kier molecular flexibility index (Phi) is 6.68. The molecule has 0 spiro atoms. The van der Waals surface area contributed by atoms with Crippen molar-refractivity contribution in [2.24, 2.45) is 0 Å². The summed E-state index contributed by atoms with van der Waals surface area (Å²) in [6, 6.07) is 2.93. The molecule has 0 radical (unpaired) electrons. The number of nitrogens with one attached hydrogen (secondary N) is 1. The molecular weight excluding hydrogens is 444 g/mol. The van der Waals surface area contributed by atoms with E-state index in [-0.39, 0.29) is 40.0 Å². The molecule has 0 aliphatic rings. The molecule has 0 saturated carbocycles. The van der Waals surface area contributed by atoms with Crippen molar-refractivity contribution >= 4 is 39.9 Å². The van der Waals surface area contributed by atoms with Gasteiger partial charge in [0.05, 0.1) is 30.7 Å². The molecule has 0 fully saturated rings. The second-order valence-corrected chi connectivity index (χ2v) is 7.37. The number of hydrogen-bond donors (Lipinski definition) is 1. The number of amides is 1. The Morgan fingerprint density at radius 1 is 1.31 bits per heavy atom. The molecule has 12 nitrogen and oxygen atoms in total. The summed E-state index contributed by atoms with van der Waals surface area (Å²) in [6.07, 6.45) is 2.33. The van der Waals surface area contributed by atoms with Crippen molar-refractivity contribution in [1.29, 1.82) is 0 Å². The van der Waals surface area contributed by atoms with Crippen molar-refractivity contribution < 1.29 is 33.2 Å². The number of nitro groups is 1. The minimum absolute atomic E-state index is 0.0459. The molecule has 1 amide bonds. The quantitative estimate of drug-likeness (QED) is 0.302. The fourth-order valence-electron chi connectivity index (χ4n) is 2.78. The maximum absolute atomic E-state index is 12.7. The molecule has 1 N–H and O–H groups in total. The Balaban J connectivity index is 1.80. The number of carbonyl (C=O) groups is 3. The maximum Gasteiger partial charge on any atom is 0.348 e. The van der Waals surface area contributed by atoms with Crippen LogP contribution in [0.1, 0.15) is 48.8 Å². The van der Waals surface area contributed by atoms with Crippen LogP contribution < -0.4 is 5.32 Å². The highest BCUT2D eigenvalue weighted by molar-refractivity contribution is 7.18. The summed E-state index contributed by atoms with van der Waals surface area (Å²) < 4.78 is 16.6. The molecule has 0 saturated heterocycles. The van der Waals surface area contributed by atoms with Gasteiger partial charge in [-0.2, -0.15) is 5.10 Å². The van der Waals surface area contributed by atoms with E-state index in [1.165, 1.54) is 30.1 Å². The number of carbonyl (C=O) groups excluding carboxylic acids is 3. The number of furan rings is 1. The molecule has 32 heavy (non-hydrogen) atoms. The number of ether oxygens (including phenoxy) is 2. The topological polar surface area (TPSA) is 156 Å². The molecule has 168 valence electrons. The zero-order valence-electron chi connectivity index (χ0n) is 17.2. The fraction of sp³-hybridized carbons (Fsp3) is 0.263. The number of anilines is 1. The first kappa shape index (κ1) is 22.7. The van der Waals surface area contributed by atoms with Crippen LogP contribution in [0.15, 0.2) is 28.9 Å². The Morgan fingerprint density at radius 3 is 2.69 bits per heavy atom. The predicted octanol–water partition coefficient (Wildman–Crippen LogP) is 3.02. The van der Waals surface area contributed by atoms with E-state index in [1.807, 2.05) is 0 Å². The fourth-order valence-corrected chi connectivity index (χ4v) is 3.87. The molecule has 0 bridgehead atoms. The molecular formula is C19H18N4O8S. The lowest BCUT2D eigenvalue weighted by Crippen LogP contribution is -2.13. The number of hydrogen-bond acceptors (Lipinski definition) is 10. The molecule has 3 aromatic rings. The Hall–Kier alpha value is -4.00. The lowest BCUT2D eigenvalue weighted by molar-refractivity contribution is -0.385. The van der Waals surface area contributed by atoms with Crippen LogP contribution in [0, 0.1) is 17.0 Å². The highest BCUT2D eigenvalue weighted by atomic mass is 32.1. The average molecular weight is 462 g/mol. The number of methoxy groups -OCH3 is 1. The second-order valence-electron chi connectivity index (χ2n) is 6.35. The van der Waals surface area contributed by atoms with Gasteiger partial charge in [-0.05, 0) is 31.5 Å². The van der Waals surface area contributed by atoms with Gasteiger partial charge in [0.15, 0.2) is 5.76 Å². The van der Waals surface area contributed by atoms with Crippen molar-refractivity contribution in [2.45, 2.75) is 20.4 Å². The van der Waals surface area contributed by atoms with Crippen LogP contribution in [-0.4, -0.2) is 46.3 Å². The predicted molar refractivity (Wildman–Crippen MR) is 111 cm³/mol. The zero-order valence-corrected chi connectivity index (χ0v) is 18.1. The molecule has 3 aromatic heterocycles. The van der Waals surface area contributed by atoms with Crippen LogP contribution in [0.5, 0.6) is 0 Å². The summed E-state index contributed by atoms with van der Waals surface area (Å²) in [4.78, 5) is 47.4. The lowest BCUT2D eigenvalue weighted by Gasteiger charge is -2.04. The molecule has 13 heteroatoms. The van der Waals surface area contributed by atoms with Crippen LogP contribution in [-0.2, 0) is 16.0 Å². The number of nitrogens with zero attached hydrogens (tertiary/aromatic N) is 3. The minimum Gasteiger partial charge on any atom is -0.465 e. The summed E-state index contributed by atoms with van der Waals surface area (Å²) in [5.74, 6) is -1.74. The van der Waals surface area contributed by atoms with E-state index >= 15 is 0 Å². The van der Waals surface area contributed by atoms with Gasteiger partial charge in [-0.25, -0.2) is 9.59 Å². The number of esters is 2. The van der Waals surface area contributed by atoms with Crippen molar-refractivity contribution in [3.63, 3.8) is 0 Å². The van der Waals surface area contributed by atoms with Crippen molar-refractivity contribution in [3.05, 3.63) is 62.2 Å². The van der Waals surface area contributed by atoms with E-state index in [2.05, 4.69) is 10.4 Å². The maximum atomic E-state index is 12.7. The first-order chi connectivity index (χ1) is 15.2.